The van der Waals surface area contributed by atoms with Crippen molar-refractivity contribution in [3.63, 3.8) is 0 Å². The maximum atomic E-state index is 12.8. The molecule has 11 heteroatoms. The van der Waals surface area contributed by atoms with Gasteiger partial charge in [0.15, 0.2) is 0 Å². The van der Waals surface area contributed by atoms with Gasteiger partial charge >= 0.3 is 17.8 Å². The van der Waals surface area contributed by atoms with E-state index in [0.29, 0.717) is 30.5 Å². The molecule has 2 heterocycles. The average molecular weight is 435 g/mol. The number of amides is 1. The average Bonchev–Trinajstić information content (AvgIpc) is 2.73. The summed E-state index contributed by atoms with van der Waals surface area (Å²) in [4.78, 5) is 38.0. The Morgan fingerprint density at radius 3 is 2.68 bits per heavy atom. The molecule has 1 aromatic heterocycles. The van der Waals surface area contributed by atoms with Crippen molar-refractivity contribution in [3.05, 3.63) is 62.3 Å². The maximum Gasteiger partial charge on any atom is 0.471 e. The van der Waals surface area contributed by atoms with Crippen molar-refractivity contribution in [1.82, 2.24) is 14.5 Å². The molecule has 0 aliphatic carbocycles. The summed E-state index contributed by atoms with van der Waals surface area (Å²) in [5.74, 6) is -1.80. The molecule has 164 valence electrons. The lowest BCUT2D eigenvalue weighted by molar-refractivity contribution is -0.174. The van der Waals surface area contributed by atoms with Crippen LogP contribution in [-0.2, 0) is 18.4 Å². The number of alkyl halides is 3. The Kier molecular flexibility index (Phi) is 6.19. The van der Waals surface area contributed by atoms with Crippen molar-refractivity contribution < 1.29 is 18.0 Å². The summed E-state index contributed by atoms with van der Waals surface area (Å²) in [6.45, 7) is 0.404. The van der Waals surface area contributed by atoms with Crippen LogP contribution in [-0.4, -0.2) is 40.3 Å². The first-order valence-electron chi connectivity index (χ1n) is 9.53. The molecular formula is C20H20F3N5O3. The number of anilines is 1. The van der Waals surface area contributed by atoms with E-state index in [0.717, 1.165) is 4.57 Å². The summed E-state index contributed by atoms with van der Waals surface area (Å²) in [5, 5.41) is 11.3. The van der Waals surface area contributed by atoms with E-state index >= 15 is 0 Å². The molecule has 1 saturated heterocycles. The molecule has 31 heavy (non-hydrogen) atoms. The monoisotopic (exact) mass is 435 g/mol. The number of carbonyl (C=O) groups excluding carboxylic acids is 1. The van der Waals surface area contributed by atoms with Crippen molar-refractivity contribution in [3.8, 4) is 6.07 Å². The normalized spacial score (nSPS) is 16.6. The lowest BCUT2D eigenvalue weighted by atomic mass is 10.1. The number of benzene rings is 1. The molecule has 3 rings (SSSR count). The third kappa shape index (κ3) is 4.79. The summed E-state index contributed by atoms with van der Waals surface area (Å²) in [5.41, 5.74) is -0.253. The second kappa shape index (κ2) is 8.67. The van der Waals surface area contributed by atoms with E-state index in [9.17, 15) is 32.8 Å². The predicted molar refractivity (Wildman–Crippen MR) is 106 cm³/mol. The predicted octanol–water partition coefficient (Wildman–Crippen LogP) is 1.11. The molecule has 0 bridgehead atoms. The van der Waals surface area contributed by atoms with Gasteiger partial charge in [-0.1, -0.05) is 18.2 Å². The number of halogens is 3. The second-order valence-corrected chi connectivity index (χ2v) is 7.29. The van der Waals surface area contributed by atoms with E-state index < -0.39 is 29.4 Å². The van der Waals surface area contributed by atoms with E-state index in [1.807, 2.05) is 5.32 Å². The van der Waals surface area contributed by atoms with E-state index in [4.69, 9.17) is 0 Å². The van der Waals surface area contributed by atoms with E-state index in [-0.39, 0.29) is 18.9 Å². The first-order valence-corrected chi connectivity index (χ1v) is 9.53. The van der Waals surface area contributed by atoms with Crippen LogP contribution in [0.2, 0.25) is 0 Å². The number of aromatic nitrogens is 2. The highest BCUT2D eigenvalue weighted by Crippen LogP contribution is 2.21. The minimum Gasteiger partial charge on any atom is -0.356 e. The Hall–Kier alpha value is -3.55. The van der Waals surface area contributed by atoms with Gasteiger partial charge in [0, 0.05) is 32.2 Å². The van der Waals surface area contributed by atoms with Crippen LogP contribution in [0.3, 0.4) is 0 Å². The SMILES string of the molecule is Cn1c(=O)cc(N2CCC[C@H](NC(=O)C(F)(F)F)C2)n(Cc2ccccc2C#N)c1=O. The summed E-state index contributed by atoms with van der Waals surface area (Å²) in [6.07, 6.45) is -4.19. The van der Waals surface area contributed by atoms with Crippen LogP contribution < -0.4 is 21.5 Å². The number of piperidine rings is 1. The summed E-state index contributed by atoms with van der Waals surface area (Å²) in [6, 6.07) is 9.19. The molecule has 0 saturated carbocycles. The third-order valence-electron chi connectivity index (χ3n) is 5.18. The maximum absolute atomic E-state index is 12.8. The van der Waals surface area contributed by atoms with Crippen LogP contribution in [0.15, 0.2) is 39.9 Å². The van der Waals surface area contributed by atoms with Crippen molar-refractivity contribution in [2.45, 2.75) is 31.6 Å². The van der Waals surface area contributed by atoms with Crippen molar-refractivity contribution in [2.75, 3.05) is 18.0 Å². The molecule has 2 aromatic rings. The zero-order chi connectivity index (χ0) is 22.8. The smallest absolute Gasteiger partial charge is 0.356 e. The molecule has 1 aromatic carbocycles. The van der Waals surface area contributed by atoms with Crippen molar-refractivity contribution >= 4 is 11.7 Å². The summed E-state index contributed by atoms with van der Waals surface area (Å²) < 4.78 is 40.1. The van der Waals surface area contributed by atoms with Gasteiger partial charge in [0.1, 0.15) is 5.82 Å². The van der Waals surface area contributed by atoms with Crippen molar-refractivity contribution in [1.29, 1.82) is 5.26 Å². The summed E-state index contributed by atoms with van der Waals surface area (Å²) in [7, 11) is 1.32. The number of nitrogens with one attached hydrogen (secondary N) is 1. The van der Waals surface area contributed by atoms with Gasteiger partial charge in [-0.2, -0.15) is 18.4 Å². The topological polar surface area (TPSA) is 100 Å². The van der Waals surface area contributed by atoms with Gasteiger partial charge in [-0.15, -0.1) is 0 Å². The molecule has 0 spiro atoms. The van der Waals surface area contributed by atoms with Crippen LogP contribution in [0.25, 0.3) is 0 Å². The Balaban J connectivity index is 1.97. The third-order valence-corrected chi connectivity index (χ3v) is 5.18. The molecular weight excluding hydrogens is 415 g/mol. The Bertz CT molecular complexity index is 1150. The molecule has 1 N–H and O–H groups in total. The van der Waals surface area contributed by atoms with Gasteiger partial charge in [0.05, 0.1) is 18.2 Å². The number of nitriles is 1. The van der Waals surface area contributed by atoms with Crippen LogP contribution >= 0.6 is 0 Å². The molecule has 8 nitrogen and oxygen atoms in total. The zero-order valence-corrected chi connectivity index (χ0v) is 16.6. The van der Waals surface area contributed by atoms with E-state index in [1.165, 1.54) is 17.7 Å². The highest BCUT2D eigenvalue weighted by atomic mass is 19.4. The standard InChI is InChI=1S/C20H20F3N5O3/c1-26-17(29)9-16(27-8-4-7-15(12-27)25-18(30)20(21,22)23)28(19(26)31)11-14-6-3-2-5-13(14)10-24/h2-3,5-6,9,15H,4,7-8,11-12H2,1H3,(H,25,30)/t15-/m0/s1. The van der Waals surface area contributed by atoms with Gasteiger partial charge in [0.25, 0.3) is 5.56 Å². The van der Waals surface area contributed by atoms with E-state index in [2.05, 4.69) is 6.07 Å². The highest BCUT2D eigenvalue weighted by molar-refractivity contribution is 5.82. The van der Waals surface area contributed by atoms with Crippen LogP contribution in [0, 0.1) is 11.3 Å². The Labute approximate surface area is 175 Å². The highest BCUT2D eigenvalue weighted by Gasteiger charge is 2.40. The lowest BCUT2D eigenvalue weighted by Crippen LogP contribution is -2.52. The molecule has 0 unspecified atom stereocenters. The van der Waals surface area contributed by atoms with Gasteiger partial charge in [-0.3, -0.25) is 18.7 Å². The zero-order valence-electron chi connectivity index (χ0n) is 16.6. The fourth-order valence-electron chi connectivity index (χ4n) is 3.58. The van der Waals surface area contributed by atoms with Gasteiger partial charge in [0.2, 0.25) is 0 Å². The Morgan fingerprint density at radius 2 is 2.00 bits per heavy atom. The summed E-state index contributed by atoms with van der Waals surface area (Å²) >= 11 is 0. The number of hydrogen-bond acceptors (Lipinski definition) is 5. The van der Waals surface area contributed by atoms with Crippen LogP contribution in [0.1, 0.15) is 24.0 Å². The van der Waals surface area contributed by atoms with Gasteiger partial charge < -0.3 is 10.2 Å². The quantitative estimate of drug-likeness (QED) is 0.776. The molecule has 1 aliphatic heterocycles. The number of rotatable bonds is 4. The second-order valence-electron chi connectivity index (χ2n) is 7.29. The molecule has 1 atom stereocenters. The van der Waals surface area contributed by atoms with Crippen LogP contribution in [0.4, 0.5) is 19.0 Å². The fraction of sp³-hybridized carbons (Fsp3) is 0.400. The number of carbonyl (C=O) groups is 1. The lowest BCUT2D eigenvalue weighted by Gasteiger charge is -2.36. The van der Waals surface area contributed by atoms with Crippen molar-refractivity contribution in [2.24, 2.45) is 7.05 Å². The number of nitrogens with zero attached hydrogens (tertiary/aromatic N) is 4. The molecule has 0 radical (unpaired) electrons. The fourth-order valence-corrected chi connectivity index (χ4v) is 3.58. The minimum absolute atomic E-state index is 0.00208. The molecule has 1 amide bonds. The van der Waals surface area contributed by atoms with Crippen LogP contribution in [0.5, 0.6) is 0 Å². The first kappa shape index (κ1) is 22.1. The molecule has 1 aliphatic rings. The minimum atomic E-state index is -4.99. The molecule has 1 fully saturated rings. The first-order chi connectivity index (χ1) is 14.6. The van der Waals surface area contributed by atoms with Gasteiger partial charge in [-0.05, 0) is 24.5 Å². The van der Waals surface area contributed by atoms with E-state index in [1.54, 1.807) is 29.2 Å². The van der Waals surface area contributed by atoms with Gasteiger partial charge in [-0.25, -0.2) is 4.79 Å². The number of hydrogen-bond donors (Lipinski definition) is 1. The Morgan fingerprint density at radius 1 is 1.29 bits per heavy atom. The largest absolute Gasteiger partial charge is 0.471 e.